The second-order valence-corrected chi connectivity index (χ2v) is 9.45. The third-order valence-corrected chi connectivity index (χ3v) is 5.46. The Labute approximate surface area is 187 Å². The molecule has 2 rings (SSSR count). The molecule has 170 valence electrons. The number of aromatic nitrogens is 2. The quantitative estimate of drug-likeness (QED) is 0.546. The van der Waals surface area contributed by atoms with Crippen molar-refractivity contribution in [3.63, 3.8) is 0 Å². The molecule has 8 nitrogen and oxygen atoms in total. The second-order valence-electron chi connectivity index (χ2n) is 8.52. The fourth-order valence-electron chi connectivity index (χ4n) is 2.84. The van der Waals surface area contributed by atoms with Crippen LogP contribution in [0.25, 0.3) is 0 Å². The maximum absolute atomic E-state index is 12.4. The first kappa shape index (κ1) is 24.7. The van der Waals surface area contributed by atoms with Crippen molar-refractivity contribution in [2.75, 3.05) is 11.1 Å². The van der Waals surface area contributed by atoms with Crippen LogP contribution in [0.4, 0.5) is 10.5 Å². The number of thioether (sulfide) groups is 1. The van der Waals surface area contributed by atoms with Crippen molar-refractivity contribution >= 4 is 29.4 Å². The first-order valence-electron chi connectivity index (χ1n) is 10.3. The van der Waals surface area contributed by atoms with Crippen molar-refractivity contribution in [1.29, 1.82) is 0 Å². The van der Waals surface area contributed by atoms with Gasteiger partial charge in [0.1, 0.15) is 11.6 Å². The molecule has 0 aliphatic rings. The molecule has 0 unspecified atom stereocenters. The molecule has 9 heteroatoms. The first-order valence-corrected chi connectivity index (χ1v) is 11.3. The van der Waals surface area contributed by atoms with Crippen LogP contribution >= 0.6 is 11.8 Å². The van der Waals surface area contributed by atoms with Crippen molar-refractivity contribution in [3.8, 4) is 0 Å². The van der Waals surface area contributed by atoms with Crippen LogP contribution in [0, 0.1) is 19.8 Å². The molecule has 0 bridgehead atoms. The Kier molecular flexibility index (Phi) is 8.50. The molecule has 2 atom stereocenters. The minimum atomic E-state index is -0.608. The molecular weight excluding hydrogens is 416 g/mol. The lowest BCUT2D eigenvalue weighted by Crippen LogP contribution is -2.37. The van der Waals surface area contributed by atoms with E-state index in [-0.39, 0.29) is 28.7 Å². The summed E-state index contributed by atoms with van der Waals surface area (Å²) in [6.45, 7) is 13.3. The maximum Gasteiger partial charge on any atom is 0.408 e. The first-order chi connectivity index (χ1) is 14.5. The van der Waals surface area contributed by atoms with E-state index in [0.717, 1.165) is 35.0 Å². The lowest BCUT2D eigenvalue weighted by molar-refractivity contribution is -0.113. The molecule has 0 aliphatic carbocycles. The van der Waals surface area contributed by atoms with Gasteiger partial charge in [0.15, 0.2) is 0 Å². The lowest BCUT2D eigenvalue weighted by atomic mass is 9.99. The number of alkyl carbamates (subject to hydrolysis) is 1. The summed E-state index contributed by atoms with van der Waals surface area (Å²) in [6, 6.07) is 5.37. The molecule has 0 spiro atoms. The van der Waals surface area contributed by atoms with Crippen LogP contribution in [0.15, 0.2) is 27.8 Å². The van der Waals surface area contributed by atoms with Gasteiger partial charge in [0.05, 0.1) is 5.75 Å². The zero-order valence-electron chi connectivity index (χ0n) is 19.2. The summed E-state index contributed by atoms with van der Waals surface area (Å²) in [4.78, 5) is 24.6. The van der Waals surface area contributed by atoms with Gasteiger partial charge in [-0.25, -0.2) is 4.79 Å². The van der Waals surface area contributed by atoms with Gasteiger partial charge >= 0.3 is 6.09 Å². The highest BCUT2D eigenvalue weighted by atomic mass is 32.2. The topological polar surface area (TPSA) is 106 Å². The number of para-hydroxylation sites is 1. The molecule has 0 saturated heterocycles. The van der Waals surface area contributed by atoms with Crippen LogP contribution in [0.5, 0.6) is 0 Å². The second kappa shape index (κ2) is 10.7. The fourth-order valence-corrected chi connectivity index (χ4v) is 3.41. The van der Waals surface area contributed by atoms with Gasteiger partial charge < -0.3 is 19.8 Å². The van der Waals surface area contributed by atoms with E-state index in [4.69, 9.17) is 9.15 Å². The molecule has 0 aliphatic heterocycles. The zero-order chi connectivity index (χ0) is 23.2. The van der Waals surface area contributed by atoms with Crippen LogP contribution in [0.1, 0.15) is 64.1 Å². The number of ether oxygens (including phenoxy) is 1. The van der Waals surface area contributed by atoms with Crippen molar-refractivity contribution < 1.29 is 18.7 Å². The molecule has 0 radical (unpaired) electrons. The van der Waals surface area contributed by atoms with Gasteiger partial charge in [-0.2, -0.15) is 0 Å². The largest absolute Gasteiger partial charge is 0.444 e. The van der Waals surface area contributed by atoms with Gasteiger partial charge in [-0.15, -0.1) is 10.2 Å². The Bertz CT molecular complexity index is 887. The Hall–Kier alpha value is -2.55. The van der Waals surface area contributed by atoms with Gasteiger partial charge in [0.2, 0.25) is 11.8 Å². The summed E-state index contributed by atoms with van der Waals surface area (Å²) < 4.78 is 11.1. The predicted octanol–water partition coefficient (Wildman–Crippen LogP) is 5.03. The molecule has 1 heterocycles. The maximum atomic E-state index is 12.4. The van der Waals surface area contributed by atoms with Gasteiger partial charge in [0, 0.05) is 5.69 Å². The number of nitrogens with one attached hydrogen (secondary N) is 2. The highest BCUT2D eigenvalue weighted by molar-refractivity contribution is 7.99. The van der Waals surface area contributed by atoms with E-state index < -0.39 is 17.7 Å². The van der Waals surface area contributed by atoms with Crippen molar-refractivity contribution in [2.45, 2.75) is 71.8 Å². The summed E-state index contributed by atoms with van der Waals surface area (Å²) in [6.07, 6.45) is 0.252. The molecule has 0 fully saturated rings. The number of benzene rings is 1. The third kappa shape index (κ3) is 7.57. The number of nitrogens with zero attached hydrogens (tertiary/aromatic N) is 2. The van der Waals surface area contributed by atoms with E-state index in [1.54, 1.807) is 20.8 Å². The van der Waals surface area contributed by atoms with Crippen LogP contribution < -0.4 is 10.6 Å². The Morgan fingerprint density at radius 2 is 1.84 bits per heavy atom. The molecule has 1 aromatic heterocycles. The highest BCUT2D eigenvalue weighted by Crippen LogP contribution is 2.27. The molecular formula is C22H32N4O4S. The highest BCUT2D eigenvalue weighted by Gasteiger charge is 2.28. The van der Waals surface area contributed by atoms with Crippen LogP contribution in [-0.4, -0.2) is 33.6 Å². The summed E-state index contributed by atoms with van der Waals surface area (Å²) in [7, 11) is 0. The van der Waals surface area contributed by atoms with E-state index in [1.807, 2.05) is 45.9 Å². The van der Waals surface area contributed by atoms with E-state index in [0.29, 0.717) is 0 Å². The monoisotopic (exact) mass is 448 g/mol. The molecule has 2 aromatic rings. The average molecular weight is 449 g/mol. The van der Waals surface area contributed by atoms with Gasteiger partial charge in [-0.1, -0.05) is 50.2 Å². The SMILES string of the molecule is CC[C@@H](C)[C@@H](NC(=O)OC(C)(C)C)c1nnc(SCC(=O)Nc2c(C)cccc2C)o1. The van der Waals surface area contributed by atoms with Crippen LogP contribution in [-0.2, 0) is 9.53 Å². The fraction of sp³-hybridized carbons (Fsp3) is 0.545. The van der Waals surface area contributed by atoms with Gasteiger partial charge in [-0.3, -0.25) is 4.79 Å². The average Bonchev–Trinajstić information content (AvgIpc) is 3.14. The Morgan fingerprint density at radius 1 is 1.19 bits per heavy atom. The normalized spacial score (nSPS) is 13.4. The number of hydrogen-bond donors (Lipinski definition) is 2. The zero-order valence-corrected chi connectivity index (χ0v) is 20.1. The number of amides is 2. The summed E-state index contributed by atoms with van der Waals surface area (Å²) in [5.41, 5.74) is 2.21. The standard InChI is InChI=1S/C22H32N4O4S/c1-8-13(2)18(24-20(28)30-22(5,6)7)19-25-26-21(29-19)31-12-16(27)23-17-14(3)10-9-11-15(17)4/h9-11,13,18H,8,12H2,1-7H3,(H,23,27)(H,24,28)/t13-,18-/m1/s1. The molecule has 1 aromatic carbocycles. The van der Waals surface area contributed by atoms with E-state index in [2.05, 4.69) is 20.8 Å². The number of rotatable bonds is 8. The van der Waals surface area contributed by atoms with Gasteiger partial charge in [0.25, 0.3) is 5.22 Å². The van der Waals surface area contributed by atoms with Crippen molar-refractivity contribution in [1.82, 2.24) is 15.5 Å². The van der Waals surface area contributed by atoms with E-state index in [9.17, 15) is 9.59 Å². The third-order valence-electron chi connectivity index (χ3n) is 4.65. The summed E-state index contributed by atoms with van der Waals surface area (Å²) in [5.74, 6) is 0.312. The molecule has 2 N–H and O–H groups in total. The number of aryl methyl sites for hydroxylation is 2. The number of carbonyl (C=O) groups excluding carboxylic acids is 2. The van der Waals surface area contributed by atoms with Crippen molar-refractivity contribution in [2.24, 2.45) is 5.92 Å². The Morgan fingerprint density at radius 3 is 2.42 bits per heavy atom. The summed E-state index contributed by atoms with van der Waals surface area (Å²) >= 11 is 1.15. The van der Waals surface area contributed by atoms with Crippen LogP contribution in [0.2, 0.25) is 0 Å². The minimum absolute atomic E-state index is 0.0538. The van der Waals surface area contributed by atoms with Gasteiger partial charge in [-0.05, 0) is 51.7 Å². The van der Waals surface area contributed by atoms with Crippen molar-refractivity contribution in [3.05, 3.63) is 35.2 Å². The minimum Gasteiger partial charge on any atom is -0.444 e. The van der Waals surface area contributed by atoms with Crippen LogP contribution in [0.3, 0.4) is 0 Å². The van der Waals surface area contributed by atoms with E-state index in [1.165, 1.54) is 0 Å². The summed E-state index contributed by atoms with van der Waals surface area (Å²) in [5, 5.41) is 14.1. The van der Waals surface area contributed by atoms with E-state index >= 15 is 0 Å². The molecule has 0 saturated carbocycles. The number of hydrogen-bond acceptors (Lipinski definition) is 7. The number of carbonyl (C=O) groups is 2. The molecule has 31 heavy (non-hydrogen) atoms. The Balaban J connectivity index is 2.01. The predicted molar refractivity (Wildman–Crippen MR) is 121 cm³/mol. The molecule has 2 amide bonds. The number of anilines is 1. The smallest absolute Gasteiger partial charge is 0.408 e. The lowest BCUT2D eigenvalue weighted by Gasteiger charge is -2.24.